The van der Waals surface area contributed by atoms with Gasteiger partial charge in [-0.2, -0.15) is 0 Å². The lowest BCUT2D eigenvalue weighted by atomic mass is 9.93. The summed E-state index contributed by atoms with van der Waals surface area (Å²) in [7, 11) is 1.67. The fourth-order valence-electron chi connectivity index (χ4n) is 2.86. The topological polar surface area (TPSA) is 51.2 Å². The molecule has 1 aromatic carbocycles. The molecule has 0 atom stereocenters. The number of aryl methyl sites for hydroxylation is 2. The molecule has 1 saturated carbocycles. The van der Waals surface area contributed by atoms with Gasteiger partial charge in [-0.3, -0.25) is 4.79 Å². The number of amides is 1. The van der Waals surface area contributed by atoms with Gasteiger partial charge in [0.2, 0.25) is 5.91 Å². The summed E-state index contributed by atoms with van der Waals surface area (Å²) in [6.45, 7) is 4.64. The summed E-state index contributed by atoms with van der Waals surface area (Å²) in [6.07, 6.45) is 2.60. The van der Waals surface area contributed by atoms with Crippen molar-refractivity contribution in [1.82, 2.24) is 10.3 Å². The number of nitrogens with zero attached hydrogens (tertiary/aromatic N) is 1. The Balaban J connectivity index is 1.64. The molecule has 122 valence electrons. The Morgan fingerprint density at radius 2 is 2.17 bits per heavy atom. The fourth-order valence-corrected chi connectivity index (χ4v) is 3.64. The quantitative estimate of drug-likeness (QED) is 0.885. The molecule has 1 aliphatic carbocycles. The van der Waals surface area contributed by atoms with Crippen molar-refractivity contribution in [3.05, 3.63) is 45.4 Å². The SMILES string of the molecule is COc1cc(C2(C(=O)NCCc3nc(C)cs3)CC2)ccc1C. The van der Waals surface area contributed by atoms with Gasteiger partial charge in [-0.1, -0.05) is 12.1 Å². The normalized spacial score (nSPS) is 15.3. The number of methoxy groups -OCH3 is 1. The number of carbonyl (C=O) groups is 1. The number of rotatable bonds is 6. The van der Waals surface area contributed by atoms with Crippen LogP contribution < -0.4 is 10.1 Å². The van der Waals surface area contributed by atoms with Gasteiger partial charge in [0, 0.05) is 24.0 Å². The van der Waals surface area contributed by atoms with Gasteiger partial charge >= 0.3 is 0 Å². The van der Waals surface area contributed by atoms with E-state index in [0.717, 1.165) is 46.8 Å². The summed E-state index contributed by atoms with van der Waals surface area (Å²) >= 11 is 1.65. The van der Waals surface area contributed by atoms with E-state index in [0.29, 0.717) is 6.54 Å². The smallest absolute Gasteiger partial charge is 0.230 e. The largest absolute Gasteiger partial charge is 0.496 e. The lowest BCUT2D eigenvalue weighted by molar-refractivity contribution is -0.123. The Bertz CT molecular complexity index is 720. The Hall–Kier alpha value is -1.88. The average molecular weight is 330 g/mol. The van der Waals surface area contributed by atoms with Crippen molar-refractivity contribution < 1.29 is 9.53 Å². The molecule has 4 nitrogen and oxygen atoms in total. The molecule has 5 heteroatoms. The van der Waals surface area contributed by atoms with E-state index < -0.39 is 0 Å². The highest BCUT2D eigenvalue weighted by Gasteiger charge is 2.51. The van der Waals surface area contributed by atoms with Crippen LogP contribution in [-0.2, 0) is 16.6 Å². The van der Waals surface area contributed by atoms with Crippen LogP contribution in [0.15, 0.2) is 23.6 Å². The summed E-state index contributed by atoms with van der Waals surface area (Å²) < 4.78 is 5.39. The van der Waals surface area contributed by atoms with Crippen molar-refractivity contribution >= 4 is 17.2 Å². The zero-order valence-electron chi connectivity index (χ0n) is 13.8. The third-order valence-electron chi connectivity index (χ3n) is 4.44. The molecule has 23 heavy (non-hydrogen) atoms. The molecular formula is C18H22N2O2S. The predicted octanol–water partition coefficient (Wildman–Crippen LogP) is 3.16. The third-order valence-corrected chi connectivity index (χ3v) is 5.46. The van der Waals surface area contributed by atoms with Gasteiger partial charge in [-0.05, 0) is 43.9 Å². The minimum Gasteiger partial charge on any atom is -0.496 e. The highest BCUT2D eigenvalue weighted by Crippen LogP contribution is 2.49. The van der Waals surface area contributed by atoms with E-state index in [1.807, 2.05) is 31.4 Å². The molecule has 0 unspecified atom stereocenters. The fraction of sp³-hybridized carbons (Fsp3) is 0.444. The number of nitrogens with one attached hydrogen (secondary N) is 1. The van der Waals surface area contributed by atoms with Gasteiger partial charge in [0.1, 0.15) is 5.75 Å². The molecule has 1 fully saturated rings. The molecule has 1 aromatic heterocycles. The molecule has 0 aliphatic heterocycles. The summed E-state index contributed by atoms with van der Waals surface area (Å²) in [5, 5.41) is 6.19. The van der Waals surface area contributed by atoms with Crippen LogP contribution in [0, 0.1) is 13.8 Å². The number of hydrogen-bond donors (Lipinski definition) is 1. The number of benzene rings is 1. The van der Waals surface area contributed by atoms with Gasteiger partial charge in [-0.25, -0.2) is 4.98 Å². The molecule has 1 N–H and O–H groups in total. The minimum atomic E-state index is -0.361. The van der Waals surface area contributed by atoms with Crippen LogP contribution in [0.3, 0.4) is 0 Å². The number of carbonyl (C=O) groups excluding carboxylic acids is 1. The first kappa shape index (κ1) is 16.0. The predicted molar refractivity (Wildman–Crippen MR) is 92.2 cm³/mol. The van der Waals surface area contributed by atoms with Crippen molar-refractivity contribution in [3.63, 3.8) is 0 Å². The summed E-state index contributed by atoms with van der Waals surface area (Å²) in [4.78, 5) is 17.1. The van der Waals surface area contributed by atoms with Gasteiger partial charge in [-0.15, -0.1) is 11.3 Å². The van der Waals surface area contributed by atoms with Crippen LogP contribution in [0.5, 0.6) is 5.75 Å². The molecule has 0 radical (unpaired) electrons. The number of hydrogen-bond acceptors (Lipinski definition) is 4. The van der Waals surface area contributed by atoms with Crippen molar-refractivity contribution in [2.24, 2.45) is 0 Å². The van der Waals surface area contributed by atoms with Gasteiger partial charge in [0.05, 0.1) is 17.5 Å². The number of aromatic nitrogens is 1. The third kappa shape index (κ3) is 3.24. The number of thiazole rings is 1. The zero-order chi connectivity index (χ0) is 16.4. The molecule has 1 amide bonds. The van der Waals surface area contributed by atoms with E-state index in [2.05, 4.69) is 16.4 Å². The Kier molecular flexibility index (Phi) is 4.39. The maximum absolute atomic E-state index is 12.6. The summed E-state index contributed by atoms with van der Waals surface area (Å²) in [6, 6.07) is 6.08. The Morgan fingerprint density at radius 3 is 2.78 bits per heavy atom. The van der Waals surface area contributed by atoms with Gasteiger partial charge in [0.15, 0.2) is 0 Å². The standard InChI is InChI=1S/C18H22N2O2S/c1-12-4-5-14(10-15(12)22-3)18(7-8-18)17(21)19-9-6-16-20-13(2)11-23-16/h4-5,10-11H,6-9H2,1-3H3,(H,19,21). The first-order chi connectivity index (χ1) is 11.0. The number of ether oxygens (including phenoxy) is 1. The van der Waals surface area contributed by atoms with E-state index in [9.17, 15) is 4.79 Å². The van der Waals surface area contributed by atoms with Crippen molar-refractivity contribution in [2.45, 2.75) is 38.5 Å². The van der Waals surface area contributed by atoms with Crippen molar-refractivity contribution in [3.8, 4) is 5.75 Å². The first-order valence-electron chi connectivity index (χ1n) is 7.89. The summed E-state index contributed by atoms with van der Waals surface area (Å²) in [5.74, 6) is 0.969. The Labute approximate surface area is 140 Å². The van der Waals surface area contributed by atoms with Crippen LogP contribution in [0.1, 0.15) is 34.7 Å². The lowest BCUT2D eigenvalue weighted by Crippen LogP contribution is -2.36. The monoisotopic (exact) mass is 330 g/mol. The first-order valence-corrected chi connectivity index (χ1v) is 8.77. The van der Waals surface area contributed by atoms with Crippen LogP contribution in [-0.4, -0.2) is 24.5 Å². The maximum Gasteiger partial charge on any atom is 0.230 e. The van der Waals surface area contributed by atoms with E-state index in [-0.39, 0.29) is 11.3 Å². The second-order valence-electron chi connectivity index (χ2n) is 6.16. The van der Waals surface area contributed by atoms with E-state index >= 15 is 0 Å². The second-order valence-corrected chi connectivity index (χ2v) is 7.10. The van der Waals surface area contributed by atoms with Gasteiger partial charge < -0.3 is 10.1 Å². The van der Waals surface area contributed by atoms with Gasteiger partial charge in [0.25, 0.3) is 0 Å². The molecule has 0 bridgehead atoms. The van der Waals surface area contributed by atoms with E-state index in [1.54, 1.807) is 18.4 Å². The maximum atomic E-state index is 12.6. The van der Waals surface area contributed by atoms with Crippen LogP contribution >= 0.6 is 11.3 Å². The lowest BCUT2D eigenvalue weighted by Gasteiger charge is -2.17. The Morgan fingerprint density at radius 1 is 1.39 bits per heavy atom. The zero-order valence-corrected chi connectivity index (χ0v) is 14.6. The van der Waals surface area contributed by atoms with Crippen molar-refractivity contribution in [2.75, 3.05) is 13.7 Å². The molecule has 1 aliphatic rings. The molecule has 0 spiro atoms. The van der Waals surface area contributed by atoms with E-state index in [1.165, 1.54) is 0 Å². The van der Waals surface area contributed by atoms with E-state index in [4.69, 9.17) is 4.74 Å². The van der Waals surface area contributed by atoms with Crippen LogP contribution in [0.2, 0.25) is 0 Å². The highest BCUT2D eigenvalue weighted by atomic mass is 32.1. The average Bonchev–Trinajstić information content (AvgIpc) is 3.25. The minimum absolute atomic E-state index is 0.122. The highest BCUT2D eigenvalue weighted by molar-refractivity contribution is 7.09. The van der Waals surface area contributed by atoms with Crippen molar-refractivity contribution in [1.29, 1.82) is 0 Å². The molecule has 1 heterocycles. The molecule has 2 aromatic rings. The van der Waals surface area contributed by atoms with Crippen LogP contribution in [0.4, 0.5) is 0 Å². The van der Waals surface area contributed by atoms with Crippen LogP contribution in [0.25, 0.3) is 0 Å². The molecule has 3 rings (SSSR count). The molecular weight excluding hydrogens is 308 g/mol. The summed E-state index contributed by atoms with van der Waals surface area (Å²) in [5.41, 5.74) is 2.83. The second kappa shape index (κ2) is 6.32. The molecule has 0 saturated heterocycles.